The van der Waals surface area contributed by atoms with Crippen LogP contribution in [0.5, 0.6) is 5.75 Å². The van der Waals surface area contributed by atoms with E-state index in [0.717, 1.165) is 62.4 Å². The maximum atomic E-state index is 13.1. The molecule has 1 amide bonds. The van der Waals surface area contributed by atoms with E-state index in [4.69, 9.17) is 10.5 Å². The van der Waals surface area contributed by atoms with Crippen LogP contribution in [0.15, 0.2) is 42.5 Å². The van der Waals surface area contributed by atoms with Crippen molar-refractivity contribution in [3.05, 3.63) is 64.8 Å². The quantitative estimate of drug-likeness (QED) is 0.121. The van der Waals surface area contributed by atoms with Gasteiger partial charge in [-0.05, 0) is 73.3 Å². The Labute approximate surface area is 300 Å². The number of rotatable bonds is 13. The van der Waals surface area contributed by atoms with Crippen molar-refractivity contribution < 1.29 is 23.9 Å². The summed E-state index contributed by atoms with van der Waals surface area (Å²) in [5, 5.41) is 1.03. The van der Waals surface area contributed by atoms with Crippen molar-refractivity contribution in [1.82, 2.24) is 4.57 Å². The lowest BCUT2D eigenvalue weighted by molar-refractivity contribution is -0.119. The Kier molecular flexibility index (Phi) is 14.9. The van der Waals surface area contributed by atoms with E-state index >= 15 is 0 Å². The molecule has 2 unspecified atom stereocenters. The zero-order valence-corrected chi connectivity index (χ0v) is 31.5. The molecule has 2 atom stereocenters. The number of amides is 1. The summed E-state index contributed by atoms with van der Waals surface area (Å²) in [6.45, 7) is 3.10. The second kappa shape index (κ2) is 19.3. The number of nitrogens with two attached hydrogens (primary N) is 1. The number of nitrogens with zero attached hydrogens (tertiary/aromatic N) is 1. The Balaban J connectivity index is 1.65. The van der Waals surface area contributed by atoms with Gasteiger partial charge < -0.3 is 24.8 Å². The van der Waals surface area contributed by atoms with E-state index in [-0.39, 0.29) is 30.5 Å². The molecule has 4 N–H and O–H groups in total. The highest BCUT2D eigenvalue weighted by Crippen LogP contribution is 2.46. The normalized spacial score (nSPS) is 19.5. The molecule has 1 aromatic heterocycles. The van der Waals surface area contributed by atoms with Gasteiger partial charge in [0.15, 0.2) is 0 Å². The van der Waals surface area contributed by atoms with Gasteiger partial charge in [0.2, 0.25) is 5.91 Å². The molecule has 276 valence electrons. The van der Waals surface area contributed by atoms with E-state index in [9.17, 15) is 19.1 Å². The van der Waals surface area contributed by atoms with Gasteiger partial charge in [0.25, 0.3) is 0 Å². The van der Waals surface area contributed by atoms with Crippen LogP contribution in [-0.2, 0) is 22.3 Å². The van der Waals surface area contributed by atoms with Gasteiger partial charge in [-0.1, -0.05) is 127 Å². The molecule has 1 saturated carbocycles. The molecule has 5 rings (SSSR count). The lowest BCUT2D eigenvalue weighted by atomic mass is 9.82. The van der Waals surface area contributed by atoms with Gasteiger partial charge in [0.1, 0.15) is 5.75 Å². The van der Waals surface area contributed by atoms with E-state index in [1.165, 1.54) is 106 Å². The molecule has 50 heavy (non-hydrogen) atoms. The van der Waals surface area contributed by atoms with Crippen molar-refractivity contribution in [1.29, 1.82) is 0 Å². The minimum absolute atomic E-state index is 0.0781. The molecule has 8 heteroatoms. The van der Waals surface area contributed by atoms with Crippen LogP contribution in [0.25, 0.3) is 10.9 Å². The van der Waals surface area contributed by atoms with Crippen molar-refractivity contribution in [3.63, 3.8) is 0 Å². The van der Waals surface area contributed by atoms with Crippen LogP contribution >= 0.6 is 7.60 Å². The summed E-state index contributed by atoms with van der Waals surface area (Å²) in [6, 6.07) is 14.9. The topological polar surface area (TPSA) is 115 Å². The number of carbonyl (C=O) groups excluding carboxylic acids is 1. The van der Waals surface area contributed by atoms with Crippen molar-refractivity contribution in [2.45, 2.75) is 154 Å². The highest BCUT2D eigenvalue weighted by atomic mass is 31.2. The highest BCUT2D eigenvalue weighted by molar-refractivity contribution is 7.51. The molecule has 1 heterocycles. The summed E-state index contributed by atoms with van der Waals surface area (Å²) < 4.78 is 20.5. The van der Waals surface area contributed by atoms with Gasteiger partial charge in [0.05, 0.1) is 24.2 Å². The molecule has 0 aliphatic heterocycles. The van der Waals surface area contributed by atoms with E-state index in [0.29, 0.717) is 11.7 Å². The third-order valence-corrected chi connectivity index (χ3v) is 12.2. The number of benzene rings is 2. The minimum atomic E-state index is -4.22. The van der Waals surface area contributed by atoms with Crippen LogP contribution < -0.4 is 10.5 Å². The smallest absolute Gasteiger partial charge is 0.328 e. The standard InChI is InChI=1S/C42H63N2O5P/c1-2-3-14-24-35(33-22-17-13-18-23-33)37-29-34(49-27-28-50(46,47)48)30-38-40-36(42(43)45)25-19-26-39(40)44(41(37)38)31-32-20-15-11-9-7-5-4-6-8-10-12-16-21-32/h13,17-18,22-23,29-30,32,35-36H,2-12,14-16,19-21,24-28,31H2,1H3,(H2,43,45)(H2,46,47,48). The molecule has 1 fully saturated rings. The van der Waals surface area contributed by atoms with Crippen molar-refractivity contribution >= 4 is 24.4 Å². The first-order valence-electron chi connectivity index (χ1n) is 20.0. The number of carbonyl (C=O) groups is 1. The second-order valence-electron chi connectivity index (χ2n) is 15.3. The molecule has 0 saturated heterocycles. The number of aromatic nitrogens is 1. The van der Waals surface area contributed by atoms with Gasteiger partial charge >= 0.3 is 7.60 Å². The molecular formula is C42H63N2O5P. The lowest BCUT2D eigenvalue weighted by Crippen LogP contribution is -2.25. The van der Waals surface area contributed by atoms with Crippen molar-refractivity contribution in [2.75, 3.05) is 12.8 Å². The van der Waals surface area contributed by atoms with Gasteiger partial charge in [0, 0.05) is 23.5 Å². The Bertz CT molecular complexity index is 1530. The third kappa shape index (κ3) is 10.7. The Hall–Kier alpha value is -2.60. The fourth-order valence-electron chi connectivity index (χ4n) is 8.79. The van der Waals surface area contributed by atoms with Gasteiger partial charge in [-0.25, -0.2) is 0 Å². The predicted octanol–water partition coefficient (Wildman–Crippen LogP) is 10.5. The van der Waals surface area contributed by atoms with E-state index in [1.54, 1.807) is 0 Å². The molecule has 3 aromatic rings. The first-order valence-corrected chi connectivity index (χ1v) is 21.8. The fraction of sp³-hybridized carbons (Fsp3) is 0.643. The summed E-state index contributed by atoms with van der Waals surface area (Å²) in [5.41, 5.74) is 12.1. The van der Waals surface area contributed by atoms with Gasteiger partial charge in [-0.15, -0.1) is 0 Å². The van der Waals surface area contributed by atoms with Crippen molar-refractivity contribution in [2.24, 2.45) is 11.7 Å². The number of hydrogen-bond donors (Lipinski definition) is 3. The molecule has 7 nitrogen and oxygen atoms in total. The maximum Gasteiger partial charge on any atom is 0.328 e. The summed E-state index contributed by atoms with van der Waals surface area (Å²) in [7, 11) is -4.22. The Morgan fingerprint density at radius 2 is 1.54 bits per heavy atom. The van der Waals surface area contributed by atoms with Gasteiger partial charge in [-0.3, -0.25) is 9.36 Å². The van der Waals surface area contributed by atoms with E-state index < -0.39 is 7.60 Å². The summed E-state index contributed by atoms with van der Waals surface area (Å²) in [4.78, 5) is 32.3. The number of ether oxygens (including phenoxy) is 1. The zero-order valence-electron chi connectivity index (χ0n) is 30.6. The average Bonchev–Trinajstić information content (AvgIpc) is 3.41. The minimum Gasteiger partial charge on any atom is -0.493 e. The highest BCUT2D eigenvalue weighted by Gasteiger charge is 2.34. The summed E-state index contributed by atoms with van der Waals surface area (Å²) >= 11 is 0. The van der Waals surface area contributed by atoms with Crippen LogP contribution in [0, 0.1) is 5.92 Å². The van der Waals surface area contributed by atoms with Crippen LogP contribution in [0.4, 0.5) is 0 Å². The van der Waals surface area contributed by atoms with E-state index in [1.807, 2.05) is 6.07 Å². The van der Waals surface area contributed by atoms with E-state index in [2.05, 4.69) is 47.9 Å². The predicted molar refractivity (Wildman–Crippen MR) is 205 cm³/mol. The Morgan fingerprint density at radius 3 is 2.14 bits per heavy atom. The number of hydrogen-bond acceptors (Lipinski definition) is 3. The zero-order chi connectivity index (χ0) is 35.3. The molecule has 0 radical (unpaired) electrons. The summed E-state index contributed by atoms with van der Waals surface area (Å²) in [6.07, 6.45) is 23.7. The second-order valence-corrected chi connectivity index (χ2v) is 17.0. The average molecular weight is 707 g/mol. The molecule has 2 aliphatic carbocycles. The SMILES string of the molecule is CCCCCC(c1ccccc1)c1cc(OCCP(=O)(O)O)cc2c3c(n(CC4CCCCCCCCCCCCC4)c12)CCCC3C(N)=O. The number of unbranched alkanes of at least 4 members (excludes halogenated alkanes) is 2. The molecule has 0 spiro atoms. The number of primary amides is 1. The van der Waals surface area contributed by atoms with Crippen LogP contribution in [0.3, 0.4) is 0 Å². The van der Waals surface area contributed by atoms with Crippen molar-refractivity contribution in [3.8, 4) is 5.75 Å². The van der Waals surface area contributed by atoms with Crippen LogP contribution in [-0.4, -0.2) is 33.0 Å². The fourth-order valence-corrected chi connectivity index (χ4v) is 9.12. The number of fused-ring (bicyclic) bond motifs is 3. The third-order valence-electron chi connectivity index (χ3n) is 11.4. The van der Waals surface area contributed by atoms with Crippen LogP contribution in [0.2, 0.25) is 0 Å². The van der Waals surface area contributed by atoms with Gasteiger partial charge in [-0.2, -0.15) is 0 Å². The first-order chi connectivity index (χ1) is 24.3. The monoisotopic (exact) mass is 706 g/mol. The Morgan fingerprint density at radius 1 is 0.900 bits per heavy atom. The molecule has 0 bridgehead atoms. The lowest BCUT2D eigenvalue weighted by Gasteiger charge is -2.26. The van der Waals surface area contributed by atoms with Crippen LogP contribution in [0.1, 0.15) is 163 Å². The largest absolute Gasteiger partial charge is 0.493 e. The molecule has 2 aliphatic rings. The summed E-state index contributed by atoms with van der Waals surface area (Å²) in [5.74, 6) is 0.639. The molecule has 2 aromatic carbocycles. The maximum absolute atomic E-state index is 13.1. The first kappa shape index (κ1) is 38.6. The molecular weight excluding hydrogens is 643 g/mol.